The van der Waals surface area contributed by atoms with Gasteiger partial charge in [-0.05, 0) is 75.7 Å². The standard InChI is InChI=1S/C25H41FN2O3/c26-15-5-9-19-31-24-13-11-22(12-14-24)20-23(21-28-16-6-7-17-28)27-25(30)10-4-2-1-3-8-18-29/h11-14,23,29H,1-10,15-21H2,(H,27,30)/t23-/m0/s1. The van der Waals surface area contributed by atoms with Gasteiger partial charge in [0.15, 0.2) is 0 Å². The minimum Gasteiger partial charge on any atom is -0.494 e. The third-order valence-electron chi connectivity index (χ3n) is 5.81. The van der Waals surface area contributed by atoms with Gasteiger partial charge in [0.25, 0.3) is 0 Å². The summed E-state index contributed by atoms with van der Waals surface area (Å²) in [5, 5.41) is 12.1. The second-order valence-corrected chi connectivity index (χ2v) is 8.61. The van der Waals surface area contributed by atoms with Gasteiger partial charge in [-0.2, -0.15) is 0 Å². The molecule has 1 atom stereocenters. The van der Waals surface area contributed by atoms with Crippen molar-refractivity contribution in [3.63, 3.8) is 0 Å². The molecule has 1 aromatic carbocycles. The zero-order valence-electron chi connectivity index (χ0n) is 19.0. The molecule has 0 spiro atoms. The molecule has 1 aliphatic heterocycles. The molecule has 6 heteroatoms. The Morgan fingerprint density at radius 1 is 1.03 bits per heavy atom. The summed E-state index contributed by atoms with van der Waals surface area (Å²) in [5.74, 6) is 0.947. The lowest BCUT2D eigenvalue weighted by Crippen LogP contribution is -2.44. The molecule has 1 amide bonds. The van der Waals surface area contributed by atoms with Crippen molar-refractivity contribution in [3.8, 4) is 5.75 Å². The third-order valence-corrected chi connectivity index (χ3v) is 5.81. The van der Waals surface area contributed by atoms with E-state index in [2.05, 4.69) is 22.3 Å². The summed E-state index contributed by atoms with van der Waals surface area (Å²) in [5.41, 5.74) is 1.18. The number of halogens is 1. The highest BCUT2D eigenvalue weighted by atomic mass is 19.1. The van der Waals surface area contributed by atoms with E-state index in [1.165, 1.54) is 18.4 Å². The van der Waals surface area contributed by atoms with Crippen LogP contribution in [0.25, 0.3) is 0 Å². The van der Waals surface area contributed by atoms with Crippen molar-refractivity contribution in [1.29, 1.82) is 0 Å². The molecule has 1 saturated heterocycles. The van der Waals surface area contributed by atoms with Crippen LogP contribution >= 0.6 is 0 Å². The summed E-state index contributed by atoms with van der Waals surface area (Å²) < 4.78 is 17.8. The van der Waals surface area contributed by atoms with Gasteiger partial charge in [-0.3, -0.25) is 9.18 Å². The van der Waals surface area contributed by atoms with Gasteiger partial charge in [-0.15, -0.1) is 0 Å². The Balaban J connectivity index is 1.79. The van der Waals surface area contributed by atoms with Crippen molar-refractivity contribution < 1.29 is 19.0 Å². The zero-order valence-corrected chi connectivity index (χ0v) is 19.0. The topological polar surface area (TPSA) is 61.8 Å². The molecular weight excluding hydrogens is 395 g/mol. The molecule has 2 rings (SSSR count). The normalized spacial score (nSPS) is 15.2. The number of ether oxygens (including phenoxy) is 1. The molecule has 1 fully saturated rings. The molecule has 0 saturated carbocycles. The van der Waals surface area contributed by atoms with E-state index in [9.17, 15) is 9.18 Å². The van der Waals surface area contributed by atoms with Gasteiger partial charge in [-0.1, -0.05) is 31.4 Å². The molecule has 0 radical (unpaired) electrons. The van der Waals surface area contributed by atoms with E-state index >= 15 is 0 Å². The highest BCUT2D eigenvalue weighted by molar-refractivity contribution is 5.76. The van der Waals surface area contributed by atoms with Crippen LogP contribution in [0.1, 0.15) is 69.8 Å². The minimum absolute atomic E-state index is 0.108. The summed E-state index contributed by atoms with van der Waals surface area (Å²) in [6.45, 7) is 3.62. The maximum absolute atomic E-state index is 12.5. The molecule has 0 unspecified atom stereocenters. The number of carbonyl (C=O) groups excluding carboxylic acids is 1. The second kappa shape index (κ2) is 16.0. The monoisotopic (exact) mass is 436 g/mol. The average Bonchev–Trinajstić information content (AvgIpc) is 3.28. The van der Waals surface area contributed by atoms with E-state index in [0.717, 1.165) is 70.3 Å². The number of alkyl halides is 1. The maximum atomic E-state index is 12.5. The van der Waals surface area contributed by atoms with E-state index in [0.29, 0.717) is 19.4 Å². The molecular formula is C25H41FN2O3. The van der Waals surface area contributed by atoms with Crippen LogP contribution in [0, 0.1) is 0 Å². The summed E-state index contributed by atoms with van der Waals surface area (Å²) in [7, 11) is 0. The van der Waals surface area contributed by atoms with Gasteiger partial charge >= 0.3 is 0 Å². The number of benzene rings is 1. The number of hydrogen-bond acceptors (Lipinski definition) is 4. The lowest BCUT2D eigenvalue weighted by atomic mass is 10.0. The number of rotatable bonds is 17. The summed E-state index contributed by atoms with van der Waals surface area (Å²) in [4.78, 5) is 15.0. The zero-order chi connectivity index (χ0) is 22.2. The summed E-state index contributed by atoms with van der Waals surface area (Å²) >= 11 is 0. The first-order valence-corrected chi connectivity index (χ1v) is 12.1. The van der Waals surface area contributed by atoms with Crippen molar-refractivity contribution in [1.82, 2.24) is 10.2 Å². The van der Waals surface area contributed by atoms with E-state index in [4.69, 9.17) is 9.84 Å². The van der Waals surface area contributed by atoms with Crippen molar-refractivity contribution >= 4 is 5.91 Å². The number of nitrogens with one attached hydrogen (secondary N) is 1. The van der Waals surface area contributed by atoms with Crippen molar-refractivity contribution in [2.75, 3.05) is 39.5 Å². The predicted molar refractivity (Wildman–Crippen MR) is 123 cm³/mol. The number of carbonyl (C=O) groups is 1. The van der Waals surface area contributed by atoms with Crippen LogP contribution in [0.3, 0.4) is 0 Å². The van der Waals surface area contributed by atoms with Crippen LogP contribution in [-0.2, 0) is 11.2 Å². The number of aliphatic hydroxyl groups is 1. The molecule has 2 N–H and O–H groups in total. The Morgan fingerprint density at radius 2 is 1.74 bits per heavy atom. The summed E-state index contributed by atoms with van der Waals surface area (Å²) in [6.07, 6.45) is 10.0. The Morgan fingerprint density at radius 3 is 2.45 bits per heavy atom. The largest absolute Gasteiger partial charge is 0.494 e. The molecule has 31 heavy (non-hydrogen) atoms. The highest BCUT2D eigenvalue weighted by Gasteiger charge is 2.19. The molecule has 1 aliphatic rings. The number of amides is 1. The maximum Gasteiger partial charge on any atom is 0.220 e. The van der Waals surface area contributed by atoms with Gasteiger partial charge in [0.05, 0.1) is 13.3 Å². The van der Waals surface area contributed by atoms with Crippen molar-refractivity contribution in [2.45, 2.75) is 76.7 Å². The smallest absolute Gasteiger partial charge is 0.220 e. The molecule has 0 aliphatic carbocycles. The Kier molecular flexibility index (Phi) is 13.2. The third kappa shape index (κ3) is 11.5. The molecule has 5 nitrogen and oxygen atoms in total. The molecule has 0 aromatic heterocycles. The van der Waals surface area contributed by atoms with Crippen molar-refractivity contribution in [2.24, 2.45) is 0 Å². The fourth-order valence-corrected chi connectivity index (χ4v) is 4.06. The van der Waals surface area contributed by atoms with Gasteiger partial charge < -0.3 is 20.1 Å². The number of nitrogens with zero attached hydrogens (tertiary/aromatic N) is 1. The molecule has 176 valence electrons. The summed E-state index contributed by atoms with van der Waals surface area (Å²) in [6, 6.07) is 8.16. The van der Waals surface area contributed by atoms with Crippen LogP contribution in [0.2, 0.25) is 0 Å². The van der Waals surface area contributed by atoms with Crippen LogP contribution in [0.15, 0.2) is 24.3 Å². The Hall–Kier alpha value is -1.66. The lowest BCUT2D eigenvalue weighted by Gasteiger charge is -2.25. The fourth-order valence-electron chi connectivity index (χ4n) is 4.06. The average molecular weight is 437 g/mol. The number of unbranched alkanes of at least 4 members (excludes halogenated alkanes) is 5. The SMILES string of the molecule is O=C(CCCCCCCO)N[C@@H](Cc1ccc(OCCCCF)cc1)CN1CCCC1. The molecule has 0 bridgehead atoms. The number of aliphatic hydroxyl groups excluding tert-OH is 1. The second-order valence-electron chi connectivity index (χ2n) is 8.61. The predicted octanol–water partition coefficient (Wildman–Crippen LogP) is 4.27. The Bertz CT molecular complexity index is 591. The molecule has 1 aromatic rings. The Labute approximate surface area is 187 Å². The fraction of sp³-hybridized carbons (Fsp3) is 0.720. The van der Waals surface area contributed by atoms with Gasteiger partial charge in [0, 0.05) is 25.6 Å². The first-order chi connectivity index (χ1) is 15.2. The highest BCUT2D eigenvalue weighted by Crippen LogP contribution is 2.16. The minimum atomic E-state index is -0.295. The molecule has 1 heterocycles. The quantitative estimate of drug-likeness (QED) is 0.358. The van der Waals surface area contributed by atoms with E-state index < -0.39 is 0 Å². The number of hydrogen-bond donors (Lipinski definition) is 2. The lowest BCUT2D eigenvalue weighted by molar-refractivity contribution is -0.122. The van der Waals surface area contributed by atoms with E-state index in [-0.39, 0.29) is 25.2 Å². The van der Waals surface area contributed by atoms with Crippen LogP contribution in [0.5, 0.6) is 5.75 Å². The number of likely N-dealkylation sites (tertiary alicyclic amines) is 1. The van der Waals surface area contributed by atoms with E-state index in [1.807, 2.05) is 12.1 Å². The van der Waals surface area contributed by atoms with Gasteiger partial charge in [0.2, 0.25) is 5.91 Å². The van der Waals surface area contributed by atoms with Crippen LogP contribution in [0.4, 0.5) is 4.39 Å². The van der Waals surface area contributed by atoms with Gasteiger partial charge in [-0.25, -0.2) is 0 Å². The van der Waals surface area contributed by atoms with Crippen LogP contribution in [-0.4, -0.2) is 61.5 Å². The van der Waals surface area contributed by atoms with E-state index in [1.54, 1.807) is 0 Å². The van der Waals surface area contributed by atoms with Crippen LogP contribution < -0.4 is 10.1 Å². The first-order valence-electron chi connectivity index (χ1n) is 12.1. The van der Waals surface area contributed by atoms with Crippen molar-refractivity contribution in [3.05, 3.63) is 29.8 Å². The van der Waals surface area contributed by atoms with Gasteiger partial charge in [0.1, 0.15) is 5.75 Å². The first kappa shape index (κ1) is 25.6.